The molecule has 110 valence electrons. The Hall–Kier alpha value is -2.36. The molecule has 1 N–H and O–H groups in total. The van der Waals surface area contributed by atoms with Crippen LogP contribution in [0.5, 0.6) is 5.75 Å². The van der Waals surface area contributed by atoms with Crippen molar-refractivity contribution in [2.75, 3.05) is 13.6 Å². The van der Waals surface area contributed by atoms with Crippen molar-refractivity contribution in [3.63, 3.8) is 0 Å². The summed E-state index contributed by atoms with van der Waals surface area (Å²) in [4.78, 5) is 11.1. The number of carbonyl (C=O) groups is 1. The van der Waals surface area contributed by atoms with Crippen molar-refractivity contribution >= 4 is 5.91 Å². The van der Waals surface area contributed by atoms with Gasteiger partial charge >= 0.3 is 0 Å². The summed E-state index contributed by atoms with van der Waals surface area (Å²) in [6, 6.07) is 11.2. The van der Waals surface area contributed by atoms with Crippen molar-refractivity contribution in [3.8, 4) is 16.9 Å². The van der Waals surface area contributed by atoms with Crippen LogP contribution in [0.15, 0.2) is 42.5 Å². The molecule has 0 saturated heterocycles. The SMILES string of the molecule is [2H]C([2H])(Cc1ccc(OC)cc1-c1cccc(F)c1)NC(C)=O. The third kappa shape index (κ3) is 4.05. The van der Waals surface area contributed by atoms with Gasteiger partial charge in [0.1, 0.15) is 11.6 Å². The molecular weight excluding hydrogens is 269 g/mol. The fourth-order valence-corrected chi connectivity index (χ4v) is 2.03. The van der Waals surface area contributed by atoms with Crippen LogP contribution in [0.3, 0.4) is 0 Å². The first kappa shape index (κ1) is 12.4. The molecule has 2 rings (SSSR count). The predicted molar refractivity (Wildman–Crippen MR) is 80.8 cm³/mol. The maximum Gasteiger partial charge on any atom is 0.216 e. The van der Waals surface area contributed by atoms with Crippen molar-refractivity contribution in [3.05, 3.63) is 53.8 Å². The van der Waals surface area contributed by atoms with Gasteiger partial charge in [-0.15, -0.1) is 0 Å². The highest BCUT2D eigenvalue weighted by molar-refractivity contribution is 5.73. The van der Waals surface area contributed by atoms with Gasteiger partial charge in [-0.2, -0.15) is 0 Å². The average molecular weight is 289 g/mol. The van der Waals surface area contributed by atoms with Gasteiger partial charge in [-0.1, -0.05) is 18.2 Å². The second-order valence-electron chi connectivity index (χ2n) is 4.57. The first-order chi connectivity index (χ1) is 10.8. The summed E-state index contributed by atoms with van der Waals surface area (Å²) in [7, 11) is 1.53. The lowest BCUT2D eigenvalue weighted by Gasteiger charge is -2.12. The van der Waals surface area contributed by atoms with Crippen LogP contribution < -0.4 is 10.1 Å². The van der Waals surface area contributed by atoms with E-state index < -0.39 is 12.4 Å². The lowest BCUT2D eigenvalue weighted by Crippen LogP contribution is -2.22. The number of methoxy groups -OCH3 is 1. The van der Waals surface area contributed by atoms with E-state index in [-0.39, 0.29) is 12.2 Å². The lowest BCUT2D eigenvalue weighted by atomic mass is 9.97. The quantitative estimate of drug-likeness (QED) is 0.918. The molecule has 0 aliphatic rings. The predicted octanol–water partition coefficient (Wildman–Crippen LogP) is 3.18. The van der Waals surface area contributed by atoms with Crippen LogP contribution in [-0.2, 0) is 11.2 Å². The van der Waals surface area contributed by atoms with Gasteiger partial charge in [-0.05, 0) is 47.4 Å². The Labute approximate surface area is 126 Å². The molecule has 4 heteroatoms. The van der Waals surface area contributed by atoms with Crippen LogP contribution in [0.1, 0.15) is 15.2 Å². The highest BCUT2D eigenvalue weighted by atomic mass is 19.1. The summed E-state index contributed by atoms with van der Waals surface area (Å²) in [5, 5.41) is 2.28. The Kier molecular flexibility index (Phi) is 4.06. The van der Waals surface area contributed by atoms with Crippen molar-refractivity contribution in [1.29, 1.82) is 0 Å². The maximum absolute atomic E-state index is 13.5. The normalized spacial score (nSPS) is 12.3. The highest BCUT2D eigenvalue weighted by Crippen LogP contribution is 2.28. The fraction of sp³-hybridized carbons (Fsp3) is 0.235. The molecule has 0 unspecified atom stereocenters. The van der Waals surface area contributed by atoms with E-state index in [2.05, 4.69) is 5.32 Å². The Morgan fingerprint density at radius 3 is 2.81 bits per heavy atom. The minimum Gasteiger partial charge on any atom is -0.497 e. The molecule has 0 heterocycles. The summed E-state index contributed by atoms with van der Waals surface area (Å²) in [6.45, 7) is -0.637. The van der Waals surface area contributed by atoms with Gasteiger partial charge in [0.05, 0.1) is 7.11 Å². The molecule has 0 radical (unpaired) electrons. The molecule has 0 aromatic heterocycles. The van der Waals surface area contributed by atoms with Crippen LogP contribution >= 0.6 is 0 Å². The van der Waals surface area contributed by atoms with E-state index in [0.717, 1.165) is 0 Å². The van der Waals surface area contributed by atoms with Gasteiger partial charge in [0.25, 0.3) is 0 Å². The summed E-state index contributed by atoms with van der Waals surface area (Å²) >= 11 is 0. The third-order valence-corrected chi connectivity index (χ3v) is 3.00. The Morgan fingerprint density at radius 1 is 1.33 bits per heavy atom. The highest BCUT2D eigenvalue weighted by Gasteiger charge is 2.08. The molecule has 21 heavy (non-hydrogen) atoms. The fourth-order valence-electron chi connectivity index (χ4n) is 2.03. The minimum absolute atomic E-state index is 0.0393. The van der Waals surface area contributed by atoms with Gasteiger partial charge in [0.15, 0.2) is 0 Å². The van der Waals surface area contributed by atoms with Crippen molar-refractivity contribution in [2.24, 2.45) is 0 Å². The Balaban J connectivity index is 2.45. The van der Waals surface area contributed by atoms with Crippen molar-refractivity contribution < 1.29 is 16.7 Å². The zero-order chi connectivity index (χ0) is 17.0. The number of amides is 1. The number of benzene rings is 2. The van der Waals surface area contributed by atoms with Crippen molar-refractivity contribution in [1.82, 2.24) is 5.32 Å². The number of rotatable bonds is 5. The second-order valence-corrected chi connectivity index (χ2v) is 4.57. The molecule has 1 amide bonds. The number of nitrogens with one attached hydrogen (secondary N) is 1. The van der Waals surface area contributed by atoms with Gasteiger partial charge in [-0.3, -0.25) is 4.79 Å². The van der Waals surface area contributed by atoms with Gasteiger partial charge in [-0.25, -0.2) is 4.39 Å². The molecule has 0 bridgehead atoms. The standard InChI is InChI=1S/C17H18FNO2/c1-12(20)19-9-8-13-6-7-16(21-2)11-17(13)14-4-3-5-15(18)10-14/h3-7,10-11H,8-9H2,1-2H3,(H,19,20)/i9D2. The first-order valence-corrected chi connectivity index (χ1v) is 6.52. The third-order valence-electron chi connectivity index (χ3n) is 3.00. The number of hydrogen-bond acceptors (Lipinski definition) is 2. The summed E-state index contributed by atoms with van der Waals surface area (Å²) in [5.74, 6) is -0.231. The van der Waals surface area contributed by atoms with E-state index in [9.17, 15) is 9.18 Å². The topological polar surface area (TPSA) is 38.3 Å². The zero-order valence-electron chi connectivity index (χ0n) is 13.9. The van der Waals surface area contributed by atoms with Crippen molar-refractivity contribution in [2.45, 2.75) is 13.3 Å². The molecule has 0 aliphatic carbocycles. The number of hydrogen-bond donors (Lipinski definition) is 1. The van der Waals surface area contributed by atoms with Crippen LogP contribution in [0.4, 0.5) is 4.39 Å². The number of carbonyl (C=O) groups excluding carboxylic acids is 1. The summed E-state index contributed by atoms with van der Waals surface area (Å²) < 4.78 is 34.6. The molecular formula is C17H18FNO2. The van der Waals surface area contributed by atoms with E-state index in [1.807, 2.05) is 0 Å². The molecule has 0 fully saturated rings. The maximum atomic E-state index is 13.5. The van der Waals surface area contributed by atoms with Gasteiger partial charge in [0, 0.05) is 16.2 Å². The summed E-state index contributed by atoms with van der Waals surface area (Å²) in [6.07, 6.45) is -0.0393. The van der Waals surface area contributed by atoms with E-state index in [1.165, 1.54) is 26.2 Å². The number of ether oxygens (including phenoxy) is 1. The molecule has 2 aromatic carbocycles. The smallest absolute Gasteiger partial charge is 0.216 e. The summed E-state index contributed by atoms with van der Waals surface area (Å²) in [5.41, 5.74) is 1.94. The van der Waals surface area contributed by atoms with E-state index in [1.54, 1.807) is 30.3 Å². The zero-order valence-corrected chi connectivity index (χ0v) is 11.9. The monoisotopic (exact) mass is 289 g/mol. The van der Waals surface area contributed by atoms with Gasteiger partial charge < -0.3 is 10.1 Å². The number of aryl methyl sites for hydroxylation is 1. The molecule has 0 aliphatic heterocycles. The minimum atomic E-state index is -1.90. The van der Waals surface area contributed by atoms with E-state index in [0.29, 0.717) is 22.4 Å². The molecule has 0 spiro atoms. The molecule has 0 atom stereocenters. The lowest BCUT2D eigenvalue weighted by molar-refractivity contribution is -0.118. The van der Waals surface area contributed by atoms with E-state index >= 15 is 0 Å². The van der Waals surface area contributed by atoms with Crippen LogP contribution in [0.2, 0.25) is 0 Å². The average Bonchev–Trinajstić information content (AvgIpc) is 2.45. The Morgan fingerprint density at radius 2 is 2.14 bits per heavy atom. The molecule has 0 saturated carbocycles. The van der Waals surface area contributed by atoms with E-state index in [4.69, 9.17) is 7.48 Å². The largest absolute Gasteiger partial charge is 0.497 e. The molecule has 3 nitrogen and oxygen atoms in total. The van der Waals surface area contributed by atoms with Crippen LogP contribution in [0, 0.1) is 5.82 Å². The van der Waals surface area contributed by atoms with Crippen LogP contribution in [-0.4, -0.2) is 19.5 Å². The molecule has 2 aromatic rings. The second kappa shape index (κ2) is 6.88. The van der Waals surface area contributed by atoms with Gasteiger partial charge in [0.2, 0.25) is 5.91 Å². The number of halogens is 1. The Bertz CT molecular complexity index is 719. The first-order valence-electron chi connectivity index (χ1n) is 7.52. The van der Waals surface area contributed by atoms with Crippen LogP contribution in [0.25, 0.3) is 11.1 Å².